The lowest BCUT2D eigenvalue weighted by Crippen LogP contribution is -2.60. The van der Waals surface area contributed by atoms with Crippen LogP contribution in [0.5, 0.6) is 0 Å². The van der Waals surface area contributed by atoms with Crippen LogP contribution < -0.4 is 16.0 Å². The minimum Gasteiger partial charge on any atom is -0.480 e. The van der Waals surface area contributed by atoms with Crippen LogP contribution in [0.2, 0.25) is 0 Å². The minimum absolute atomic E-state index is 0.0128. The number of carboxylic acid groups (broad SMARTS) is 1. The molecule has 1 aliphatic heterocycles. The van der Waals surface area contributed by atoms with Gasteiger partial charge in [-0.15, -0.1) is 11.3 Å². The van der Waals surface area contributed by atoms with Crippen molar-refractivity contribution in [2.24, 2.45) is 11.8 Å². The summed E-state index contributed by atoms with van der Waals surface area (Å²) >= 11 is 3.05. The summed E-state index contributed by atoms with van der Waals surface area (Å²) in [7, 11) is 0. The monoisotopic (exact) mass is 643 g/mol. The number of fused-ring (bicyclic) bond motifs is 1. The predicted molar refractivity (Wildman–Crippen MR) is 168 cm³/mol. The van der Waals surface area contributed by atoms with E-state index in [1.165, 1.54) is 23.6 Å². The van der Waals surface area contributed by atoms with Gasteiger partial charge in [-0.2, -0.15) is 0 Å². The van der Waals surface area contributed by atoms with Crippen LogP contribution in [-0.4, -0.2) is 80.0 Å². The first-order valence-corrected chi connectivity index (χ1v) is 17.1. The van der Waals surface area contributed by atoms with E-state index in [2.05, 4.69) is 16.0 Å². The molecule has 3 fully saturated rings. The van der Waals surface area contributed by atoms with Crippen molar-refractivity contribution >= 4 is 62.9 Å². The molecule has 1 saturated heterocycles. The Morgan fingerprint density at radius 1 is 1.07 bits per heavy atom. The lowest BCUT2D eigenvalue weighted by atomic mass is 9.83. The van der Waals surface area contributed by atoms with Gasteiger partial charge in [-0.05, 0) is 56.1 Å². The highest BCUT2D eigenvalue weighted by Crippen LogP contribution is 2.39. The zero-order valence-electron chi connectivity index (χ0n) is 25.3. The topological polar surface area (TPSA) is 158 Å². The van der Waals surface area contributed by atoms with Crippen LogP contribution in [0.1, 0.15) is 72.1 Å². The molecule has 4 atom stereocenters. The number of nitrogens with zero attached hydrogens (tertiary/aromatic N) is 2. The molecule has 44 heavy (non-hydrogen) atoms. The summed E-state index contributed by atoms with van der Waals surface area (Å²) in [5.41, 5.74) is -0.409. The zero-order chi connectivity index (χ0) is 31.6. The second-order valence-electron chi connectivity index (χ2n) is 12.6. The molecule has 1 aromatic heterocycles. The maximum absolute atomic E-state index is 14.2. The summed E-state index contributed by atoms with van der Waals surface area (Å²) in [4.78, 5) is 71.5. The molecule has 3 aliphatic rings. The summed E-state index contributed by atoms with van der Waals surface area (Å²) in [6.07, 6.45) is 5.71. The van der Waals surface area contributed by atoms with E-state index in [9.17, 15) is 29.1 Å². The van der Waals surface area contributed by atoms with E-state index >= 15 is 0 Å². The number of para-hydroxylation sites is 1. The molecule has 2 heterocycles. The molecule has 13 heteroatoms. The highest BCUT2D eigenvalue weighted by atomic mass is 32.2. The molecule has 4 N–H and O–H groups in total. The second kappa shape index (κ2) is 13.4. The average Bonchev–Trinajstić information content (AvgIpc) is 3.47. The van der Waals surface area contributed by atoms with E-state index in [1.807, 2.05) is 38.1 Å². The molecule has 2 aromatic rings. The number of thiazole rings is 1. The second-order valence-corrected chi connectivity index (χ2v) is 15.2. The molecule has 2 aliphatic carbocycles. The smallest absolute Gasteiger partial charge is 0.329 e. The Hall–Kier alpha value is -3.19. The van der Waals surface area contributed by atoms with Crippen molar-refractivity contribution in [3.8, 4) is 0 Å². The molecule has 2 saturated carbocycles. The van der Waals surface area contributed by atoms with Gasteiger partial charge in [-0.3, -0.25) is 19.2 Å². The van der Waals surface area contributed by atoms with Crippen LogP contribution in [0.25, 0.3) is 10.2 Å². The Morgan fingerprint density at radius 3 is 2.39 bits per heavy atom. The first kappa shape index (κ1) is 32.2. The number of hydrogen-bond acceptors (Lipinski definition) is 8. The van der Waals surface area contributed by atoms with Gasteiger partial charge in [0.2, 0.25) is 23.6 Å². The Labute approximate surface area is 265 Å². The van der Waals surface area contributed by atoms with Gasteiger partial charge < -0.3 is 26.0 Å². The zero-order valence-corrected chi connectivity index (χ0v) is 27.0. The summed E-state index contributed by atoms with van der Waals surface area (Å²) in [6, 6.07) is 5.24. The van der Waals surface area contributed by atoms with Crippen LogP contribution in [0, 0.1) is 11.8 Å². The first-order chi connectivity index (χ1) is 21.0. The van der Waals surface area contributed by atoms with Crippen molar-refractivity contribution in [2.45, 2.75) is 105 Å². The molecule has 11 nitrogen and oxygen atoms in total. The number of rotatable bonds is 11. The molecule has 238 valence electrons. The molecule has 0 radical (unpaired) electrons. The molecule has 5 rings (SSSR count). The van der Waals surface area contributed by atoms with Gasteiger partial charge in [0.1, 0.15) is 23.7 Å². The fraction of sp³-hybridized carbons (Fsp3) is 0.613. The molecule has 0 bridgehead atoms. The van der Waals surface area contributed by atoms with Gasteiger partial charge in [0, 0.05) is 18.7 Å². The fourth-order valence-corrected chi connectivity index (χ4v) is 8.79. The third kappa shape index (κ3) is 7.20. The number of carbonyl (C=O) groups excluding carboxylic acids is 4. The number of carbonyl (C=O) groups is 5. The number of aromatic nitrogens is 1. The predicted octanol–water partition coefficient (Wildman–Crippen LogP) is 3.32. The summed E-state index contributed by atoms with van der Waals surface area (Å²) in [5.74, 6) is -3.00. The molecular weight excluding hydrogens is 603 g/mol. The lowest BCUT2D eigenvalue weighted by Gasteiger charge is -2.34. The van der Waals surface area contributed by atoms with Crippen LogP contribution in [0.3, 0.4) is 0 Å². The fourth-order valence-electron chi connectivity index (χ4n) is 6.27. The Bertz CT molecular complexity index is 1390. The van der Waals surface area contributed by atoms with Gasteiger partial charge >= 0.3 is 5.97 Å². The van der Waals surface area contributed by atoms with Crippen LogP contribution in [0.4, 0.5) is 0 Å². The number of nitrogens with one attached hydrogen (secondary N) is 3. The highest BCUT2D eigenvalue weighted by Gasteiger charge is 2.54. The normalized spacial score (nSPS) is 22.8. The largest absolute Gasteiger partial charge is 0.480 e. The summed E-state index contributed by atoms with van der Waals surface area (Å²) in [5, 5.41) is 18.0. The minimum atomic E-state index is -1.29. The number of carboxylic acids is 1. The maximum Gasteiger partial charge on any atom is 0.329 e. The van der Waals surface area contributed by atoms with Crippen molar-refractivity contribution < 1.29 is 29.1 Å². The lowest BCUT2D eigenvalue weighted by molar-refractivity contribution is -0.146. The molecular formula is C31H41N5O6S2. The number of benzene rings is 1. The molecule has 4 amide bonds. The van der Waals surface area contributed by atoms with Crippen LogP contribution in [0.15, 0.2) is 28.6 Å². The summed E-state index contributed by atoms with van der Waals surface area (Å²) < 4.78 is 1.87. The van der Waals surface area contributed by atoms with Crippen LogP contribution in [-0.2, 0) is 24.0 Å². The van der Waals surface area contributed by atoms with E-state index in [0.29, 0.717) is 19.3 Å². The van der Waals surface area contributed by atoms with E-state index in [4.69, 9.17) is 4.98 Å². The number of thioether (sulfide) groups is 1. The average molecular weight is 644 g/mol. The standard InChI is InChI=1S/C31H41N5O6S2/c1-17(2)24(34-27(39)25(32-18(3)37)19-9-5-4-6-10-19)28(40)36-16-20(43-30-33-21-11-7-8-12-23(21)44-30)15-22(36)26(38)35-31(13-14-31)29(41)42/h7-8,11-12,17,19-20,22,24-25H,4-6,9-10,13-16H2,1-3H3,(H,32,37)(H,34,39)(H,35,38)(H,41,42)/t20-,22+,24+,25+/m1/s1. The van der Waals surface area contributed by atoms with Crippen molar-refractivity contribution in [1.29, 1.82) is 0 Å². The molecule has 0 unspecified atom stereocenters. The third-order valence-electron chi connectivity index (χ3n) is 8.90. The summed E-state index contributed by atoms with van der Waals surface area (Å²) in [6.45, 7) is 5.29. The van der Waals surface area contributed by atoms with E-state index in [0.717, 1.165) is 46.7 Å². The number of aliphatic carboxylic acids is 1. The van der Waals surface area contributed by atoms with Gasteiger partial charge in [0.15, 0.2) is 4.34 Å². The van der Waals surface area contributed by atoms with E-state index in [1.54, 1.807) is 11.3 Å². The van der Waals surface area contributed by atoms with Gasteiger partial charge in [-0.25, -0.2) is 9.78 Å². The van der Waals surface area contributed by atoms with Crippen molar-refractivity contribution in [2.75, 3.05) is 6.54 Å². The van der Waals surface area contributed by atoms with Crippen molar-refractivity contribution in [3.63, 3.8) is 0 Å². The Morgan fingerprint density at radius 2 is 1.77 bits per heavy atom. The Balaban J connectivity index is 1.36. The van der Waals surface area contributed by atoms with Gasteiger partial charge in [-0.1, -0.05) is 57.0 Å². The quantitative estimate of drug-likeness (QED) is 0.291. The van der Waals surface area contributed by atoms with E-state index in [-0.39, 0.29) is 29.5 Å². The SMILES string of the molecule is CC(=O)N[C@H](C(=O)N[C@H](C(=O)N1C[C@H](Sc2nc3ccccc3s2)C[C@H]1C(=O)NC1(C(=O)O)CC1)C(C)C)C1CCCCC1. The van der Waals surface area contributed by atoms with Gasteiger partial charge in [0.05, 0.1) is 10.2 Å². The van der Waals surface area contributed by atoms with Crippen molar-refractivity contribution in [1.82, 2.24) is 25.8 Å². The third-order valence-corrected chi connectivity index (χ3v) is 11.2. The number of hydrogen-bond donors (Lipinski definition) is 4. The molecule has 1 aromatic carbocycles. The van der Waals surface area contributed by atoms with Crippen LogP contribution >= 0.6 is 23.1 Å². The van der Waals surface area contributed by atoms with Gasteiger partial charge in [0.25, 0.3) is 0 Å². The highest BCUT2D eigenvalue weighted by molar-refractivity contribution is 8.01. The Kier molecular flexibility index (Phi) is 9.83. The first-order valence-electron chi connectivity index (χ1n) is 15.4. The maximum atomic E-state index is 14.2. The number of amides is 4. The molecule has 0 spiro atoms. The number of likely N-dealkylation sites (tertiary alicyclic amines) is 1. The van der Waals surface area contributed by atoms with E-state index < -0.39 is 47.4 Å². The van der Waals surface area contributed by atoms with Crippen molar-refractivity contribution in [3.05, 3.63) is 24.3 Å².